The first-order valence-corrected chi connectivity index (χ1v) is 6.53. The Balaban J connectivity index is 2.12. The number of halogens is 2. The van der Waals surface area contributed by atoms with Crippen molar-refractivity contribution in [1.82, 2.24) is 15.0 Å². The van der Waals surface area contributed by atoms with Gasteiger partial charge in [-0.2, -0.15) is 0 Å². The number of nitrogens with one attached hydrogen (secondary N) is 1. The first-order chi connectivity index (χ1) is 9.90. The minimum absolute atomic E-state index is 0.186. The van der Waals surface area contributed by atoms with E-state index in [1.54, 1.807) is 18.2 Å². The molecule has 2 rings (SSSR count). The summed E-state index contributed by atoms with van der Waals surface area (Å²) >= 11 is 11.8. The molecular formula is C12H10Cl2N4O3. The van der Waals surface area contributed by atoms with E-state index in [0.29, 0.717) is 10.7 Å². The zero-order chi connectivity index (χ0) is 15.6. The summed E-state index contributed by atoms with van der Waals surface area (Å²) in [6, 6.07) is 4.84. The smallest absolute Gasteiger partial charge is 0.358 e. The summed E-state index contributed by atoms with van der Waals surface area (Å²) in [6.07, 6.45) is 0. The van der Waals surface area contributed by atoms with Gasteiger partial charge in [-0.05, 0) is 19.1 Å². The van der Waals surface area contributed by atoms with Crippen LogP contribution in [0, 0.1) is 6.92 Å². The largest absolute Gasteiger partial charge is 0.476 e. The Bertz CT molecular complexity index is 715. The Hall–Kier alpha value is -2.12. The molecule has 1 heterocycles. The molecule has 1 aromatic heterocycles. The lowest BCUT2D eigenvalue weighted by Crippen LogP contribution is -2.20. The van der Waals surface area contributed by atoms with Crippen molar-refractivity contribution in [3.05, 3.63) is 39.6 Å². The van der Waals surface area contributed by atoms with Crippen molar-refractivity contribution in [2.45, 2.75) is 13.5 Å². The van der Waals surface area contributed by atoms with Gasteiger partial charge in [-0.15, -0.1) is 5.10 Å². The molecular weight excluding hydrogens is 319 g/mol. The SMILES string of the molecule is Cc1c(C(=O)O)nnn1CC(=O)Nc1cccc(Cl)c1Cl. The Morgan fingerprint density at radius 2 is 2.10 bits per heavy atom. The molecule has 110 valence electrons. The van der Waals surface area contributed by atoms with Crippen LogP contribution in [-0.4, -0.2) is 32.0 Å². The maximum Gasteiger partial charge on any atom is 0.358 e. The maximum atomic E-state index is 11.9. The highest BCUT2D eigenvalue weighted by molar-refractivity contribution is 6.43. The summed E-state index contributed by atoms with van der Waals surface area (Å²) in [6.45, 7) is 1.33. The van der Waals surface area contributed by atoms with Gasteiger partial charge in [0.15, 0.2) is 5.69 Å². The van der Waals surface area contributed by atoms with Crippen LogP contribution in [0.2, 0.25) is 10.0 Å². The van der Waals surface area contributed by atoms with Gasteiger partial charge in [0, 0.05) is 0 Å². The zero-order valence-corrected chi connectivity index (χ0v) is 12.3. The highest BCUT2D eigenvalue weighted by Gasteiger charge is 2.17. The summed E-state index contributed by atoms with van der Waals surface area (Å²) < 4.78 is 1.19. The first kappa shape index (κ1) is 15.3. The number of carboxylic acids is 1. The number of hydrogen-bond donors (Lipinski definition) is 2. The topological polar surface area (TPSA) is 97.1 Å². The van der Waals surface area contributed by atoms with Crippen molar-refractivity contribution in [2.75, 3.05) is 5.32 Å². The highest BCUT2D eigenvalue weighted by Crippen LogP contribution is 2.29. The van der Waals surface area contributed by atoms with Crippen molar-refractivity contribution < 1.29 is 14.7 Å². The molecule has 0 aliphatic carbocycles. The molecule has 7 nitrogen and oxygen atoms in total. The molecule has 0 unspecified atom stereocenters. The van der Waals surface area contributed by atoms with Gasteiger partial charge in [0.05, 0.1) is 21.4 Å². The Morgan fingerprint density at radius 3 is 2.71 bits per heavy atom. The van der Waals surface area contributed by atoms with E-state index in [1.807, 2.05) is 0 Å². The molecule has 0 saturated carbocycles. The van der Waals surface area contributed by atoms with Crippen LogP contribution in [0.1, 0.15) is 16.2 Å². The van der Waals surface area contributed by atoms with Crippen molar-refractivity contribution in [3.63, 3.8) is 0 Å². The van der Waals surface area contributed by atoms with Gasteiger partial charge in [0.2, 0.25) is 5.91 Å². The molecule has 9 heteroatoms. The number of carbonyl (C=O) groups excluding carboxylic acids is 1. The molecule has 2 N–H and O–H groups in total. The van der Waals surface area contributed by atoms with Crippen molar-refractivity contribution in [1.29, 1.82) is 0 Å². The summed E-state index contributed by atoms with van der Waals surface area (Å²) in [7, 11) is 0. The molecule has 0 saturated heterocycles. The van der Waals surface area contributed by atoms with E-state index in [0.717, 1.165) is 0 Å². The fourth-order valence-corrected chi connectivity index (χ4v) is 1.98. The minimum atomic E-state index is -1.20. The average Bonchev–Trinajstić information content (AvgIpc) is 2.77. The van der Waals surface area contributed by atoms with E-state index in [1.165, 1.54) is 11.6 Å². The summed E-state index contributed by atoms with van der Waals surface area (Å²) in [5.74, 6) is -1.62. The number of carboxylic acid groups (broad SMARTS) is 1. The van der Waals surface area contributed by atoms with E-state index >= 15 is 0 Å². The van der Waals surface area contributed by atoms with Gasteiger partial charge in [-0.25, -0.2) is 9.48 Å². The second-order valence-electron chi connectivity index (χ2n) is 4.14. The number of rotatable bonds is 4. The zero-order valence-electron chi connectivity index (χ0n) is 10.8. The number of aromatic carboxylic acids is 1. The lowest BCUT2D eigenvalue weighted by molar-refractivity contribution is -0.117. The third-order valence-corrected chi connectivity index (χ3v) is 3.52. The summed E-state index contributed by atoms with van der Waals surface area (Å²) in [4.78, 5) is 22.8. The Kier molecular flexibility index (Phi) is 4.44. The predicted molar refractivity (Wildman–Crippen MR) is 76.8 cm³/mol. The van der Waals surface area contributed by atoms with Crippen LogP contribution >= 0.6 is 23.2 Å². The molecule has 21 heavy (non-hydrogen) atoms. The quantitative estimate of drug-likeness (QED) is 0.896. The first-order valence-electron chi connectivity index (χ1n) is 5.77. The number of hydrogen-bond acceptors (Lipinski definition) is 4. The predicted octanol–water partition coefficient (Wildman–Crippen LogP) is 2.23. The second-order valence-corrected chi connectivity index (χ2v) is 4.92. The van der Waals surface area contributed by atoms with Crippen LogP contribution in [0.4, 0.5) is 5.69 Å². The molecule has 0 atom stereocenters. The maximum absolute atomic E-state index is 11.9. The number of nitrogens with zero attached hydrogens (tertiary/aromatic N) is 3. The molecule has 1 amide bonds. The fraction of sp³-hybridized carbons (Fsp3) is 0.167. The lowest BCUT2D eigenvalue weighted by Gasteiger charge is -2.08. The van der Waals surface area contributed by atoms with Crippen molar-refractivity contribution in [3.8, 4) is 0 Å². The van der Waals surface area contributed by atoms with Crippen LogP contribution in [0.25, 0.3) is 0 Å². The summed E-state index contributed by atoms with van der Waals surface area (Å²) in [5, 5.41) is 19.1. The average molecular weight is 329 g/mol. The third kappa shape index (κ3) is 3.32. The lowest BCUT2D eigenvalue weighted by atomic mass is 10.3. The van der Waals surface area contributed by atoms with Gasteiger partial charge >= 0.3 is 5.97 Å². The molecule has 1 aromatic carbocycles. The number of aromatic nitrogens is 3. The molecule has 0 aliphatic heterocycles. The number of carbonyl (C=O) groups is 2. The number of anilines is 1. The van der Waals surface area contributed by atoms with E-state index in [-0.39, 0.29) is 23.0 Å². The van der Waals surface area contributed by atoms with Crippen LogP contribution in [-0.2, 0) is 11.3 Å². The number of benzene rings is 1. The monoisotopic (exact) mass is 328 g/mol. The fourth-order valence-electron chi connectivity index (χ4n) is 1.63. The summed E-state index contributed by atoms with van der Waals surface area (Å²) in [5.41, 5.74) is 0.462. The van der Waals surface area contributed by atoms with E-state index in [2.05, 4.69) is 15.6 Å². The van der Waals surface area contributed by atoms with Crippen molar-refractivity contribution >= 4 is 40.8 Å². The Labute approximate surface area is 129 Å². The molecule has 0 spiro atoms. The van der Waals surface area contributed by atoms with Crippen LogP contribution < -0.4 is 5.32 Å². The molecule has 2 aromatic rings. The van der Waals surface area contributed by atoms with Gasteiger partial charge in [0.25, 0.3) is 0 Å². The Morgan fingerprint density at radius 1 is 1.38 bits per heavy atom. The molecule has 0 aliphatic rings. The molecule has 0 bridgehead atoms. The van der Waals surface area contributed by atoms with Crippen LogP contribution in [0.3, 0.4) is 0 Å². The van der Waals surface area contributed by atoms with Gasteiger partial charge in [0.1, 0.15) is 6.54 Å². The van der Waals surface area contributed by atoms with E-state index < -0.39 is 11.9 Å². The van der Waals surface area contributed by atoms with Crippen molar-refractivity contribution in [2.24, 2.45) is 0 Å². The third-order valence-electron chi connectivity index (χ3n) is 2.70. The van der Waals surface area contributed by atoms with Crippen LogP contribution in [0.5, 0.6) is 0 Å². The van der Waals surface area contributed by atoms with E-state index in [9.17, 15) is 9.59 Å². The molecule has 0 radical (unpaired) electrons. The van der Waals surface area contributed by atoms with E-state index in [4.69, 9.17) is 28.3 Å². The highest BCUT2D eigenvalue weighted by atomic mass is 35.5. The standard InChI is InChI=1S/C12H10Cl2N4O3/c1-6-11(12(20)21)16-17-18(6)5-9(19)15-8-4-2-3-7(13)10(8)14/h2-4H,5H2,1H3,(H,15,19)(H,20,21). The number of amides is 1. The van der Waals surface area contributed by atoms with Gasteiger partial charge in [-0.3, -0.25) is 4.79 Å². The minimum Gasteiger partial charge on any atom is -0.476 e. The normalized spacial score (nSPS) is 10.4. The van der Waals surface area contributed by atoms with Gasteiger partial charge < -0.3 is 10.4 Å². The molecule has 0 fully saturated rings. The second kappa shape index (κ2) is 6.11. The van der Waals surface area contributed by atoms with Crippen LogP contribution in [0.15, 0.2) is 18.2 Å². The van der Waals surface area contributed by atoms with Gasteiger partial charge in [-0.1, -0.05) is 34.5 Å².